The van der Waals surface area contributed by atoms with Crippen LogP contribution in [0.3, 0.4) is 0 Å². The zero-order valence-corrected chi connectivity index (χ0v) is 12.6. The van der Waals surface area contributed by atoms with Gasteiger partial charge in [-0.2, -0.15) is 0 Å². The second-order valence-electron chi connectivity index (χ2n) is 5.56. The van der Waals surface area contributed by atoms with Crippen LogP contribution in [0.15, 0.2) is 18.2 Å². The van der Waals surface area contributed by atoms with E-state index < -0.39 is 0 Å². The first-order chi connectivity index (χ1) is 10.1. The van der Waals surface area contributed by atoms with E-state index in [1.165, 1.54) is 0 Å². The Balaban J connectivity index is 2.10. The van der Waals surface area contributed by atoms with Crippen molar-refractivity contribution in [2.75, 3.05) is 26.7 Å². The van der Waals surface area contributed by atoms with Crippen LogP contribution < -0.4 is 5.32 Å². The molecule has 1 amide bonds. The Hall–Kier alpha value is -1.83. The number of aliphatic hydroxyl groups is 1. The van der Waals surface area contributed by atoms with Crippen LogP contribution in [-0.4, -0.2) is 48.7 Å². The van der Waals surface area contributed by atoms with Crippen LogP contribution in [0.5, 0.6) is 0 Å². The number of amides is 1. The number of hydrogen-bond donors (Lipinski definition) is 2. The van der Waals surface area contributed by atoms with E-state index in [1.54, 1.807) is 6.07 Å². The summed E-state index contributed by atoms with van der Waals surface area (Å²) in [6.45, 7) is 3.74. The highest BCUT2D eigenvalue weighted by Gasteiger charge is 2.20. The van der Waals surface area contributed by atoms with Gasteiger partial charge in [-0.25, -0.2) is 0 Å². The normalized spacial score (nSPS) is 18.7. The number of nitrogens with zero attached hydrogens (tertiary/aromatic N) is 1. The Kier molecular flexibility index (Phi) is 5.38. The number of carbonyl (C=O) groups is 1. The number of aliphatic hydroxyl groups excluding tert-OH is 1. The highest BCUT2D eigenvalue weighted by atomic mass is 16.2. The third-order valence-corrected chi connectivity index (χ3v) is 3.75. The van der Waals surface area contributed by atoms with E-state index >= 15 is 0 Å². The molecular formula is C17H22N2O2. The van der Waals surface area contributed by atoms with Gasteiger partial charge in [-0.3, -0.25) is 4.79 Å². The maximum absolute atomic E-state index is 12.4. The summed E-state index contributed by atoms with van der Waals surface area (Å²) in [6, 6.07) is 5.76. The Bertz CT molecular complexity index is 572. The van der Waals surface area contributed by atoms with Gasteiger partial charge in [-0.05, 0) is 51.1 Å². The lowest BCUT2D eigenvalue weighted by Crippen LogP contribution is -2.46. The molecule has 4 heteroatoms. The largest absolute Gasteiger partial charge is 0.384 e. The maximum Gasteiger partial charge on any atom is 0.251 e. The average molecular weight is 286 g/mol. The molecule has 0 bridgehead atoms. The van der Waals surface area contributed by atoms with Crippen molar-refractivity contribution >= 4 is 5.91 Å². The van der Waals surface area contributed by atoms with E-state index in [0.717, 1.165) is 37.1 Å². The zero-order chi connectivity index (χ0) is 15.2. The number of rotatable bonds is 2. The molecule has 2 N–H and O–H groups in total. The van der Waals surface area contributed by atoms with Crippen LogP contribution in [0.25, 0.3) is 0 Å². The van der Waals surface area contributed by atoms with Crippen LogP contribution in [0, 0.1) is 18.8 Å². The molecule has 1 atom stereocenters. The second kappa shape index (κ2) is 7.26. The number of likely N-dealkylation sites (N-methyl/N-ethyl adjacent to an activating group) is 1. The van der Waals surface area contributed by atoms with Gasteiger partial charge in [0.1, 0.15) is 6.61 Å². The molecule has 4 nitrogen and oxygen atoms in total. The molecule has 0 spiro atoms. The molecule has 1 aromatic carbocycles. The fourth-order valence-electron chi connectivity index (χ4n) is 2.63. The molecule has 1 heterocycles. The Morgan fingerprint density at radius 3 is 3.05 bits per heavy atom. The number of likely N-dealkylation sites (tertiary alicyclic amines) is 1. The van der Waals surface area contributed by atoms with E-state index in [1.807, 2.05) is 19.1 Å². The predicted octanol–water partition coefficient (Wildman–Crippen LogP) is 1.16. The third kappa shape index (κ3) is 4.32. The van der Waals surface area contributed by atoms with Gasteiger partial charge in [0.15, 0.2) is 0 Å². The lowest BCUT2D eigenvalue weighted by Gasteiger charge is -2.30. The Morgan fingerprint density at radius 2 is 2.33 bits per heavy atom. The number of nitrogens with one attached hydrogen (secondary N) is 1. The first-order valence-corrected chi connectivity index (χ1v) is 7.30. The number of benzene rings is 1. The topological polar surface area (TPSA) is 52.6 Å². The minimum absolute atomic E-state index is 0.0413. The van der Waals surface area contributed by atoms with Crippen molar-refractivity contribution in [2.45, 2.75) is 25.8 Å². The van der Waals surface area contributed by atoms with E-state index in [4.69, 9.17) is 5.11 Å². The molecule has 112 valence electrons. The molecule has 1 fully saturated rings. The molecule has 1 aliphatic heterocycles. The molecule has 1 aromatic rings. The summed E-state index contributed by atoms with van der Waals surface area (Å²) >= 11 is 0. The van der Waals surface area contributed by atoms with E-state index in [2.05, 4.69) is 29.1 Å². The molecule has 0 saturated carbocycles. The van der Waals surface area contributed by atoms with Gasteiger partial charge >= 0.3 is 0 Å². The van der Waals surface area contributed by atoms with Crippen LogP contribution in [0.2, 0.25) is 0 Å². The molecule has 21 heavy (non-hydrogen) atoms. The molecular weight excluding hydrogens is 264 g/mol. The van der Waals surface area contributed by atoms with E-state index in [9.17, 15) is 4.79 Å². The summed E-state index contributed by atoms with van der Waals surface area (Å²) < 4.78 is 0. The van der Waals surface area contributed by atoms with Crippen molar-refractivity contribution < 1.29 is 9.90 Å². The van der Waals surface area contributed by atoms with Crippen molar-refractivity contribution in [2.24, 2.45) is 0 Å². The standard InChI is InChI=1S/C17H22N2O2/c1-13-7-8-14(5-4-10-20)11-16(13)17(21)18-15-6-3-9-19(2)12-15/h7-8,11,15,20H,3,6,9-10,12H2,1-2H3,(H,18,21). The summed E-state index contributed by atoms with van der Waals surface area (Å²) in [5.41, 5.74) is 2.35. The zero-order valence-electron chi connectivity index (χ0n) is 12.6. The first kappa shape index (κ1) is 15.6. The van der Waals surface area contributed by atoms with Gasteiger partial charge in [0.25, 0.3) is 5.91 Å². The molecule has 0 radical (unpaired) electrons. The van der Waals surface area contributed by atoms with Crippen molar-refractivity contribution in [1.29, 1.82) is 0 Å². The fourth-order valence-corrected chi connectivity index (χ4v) is 2.63. The van der Waals surface area contributed by atoms with Gasteiger partial charge in [0.2, 0.25) is 0 Å². The molecule has 1 unspecified atom stereocenters. The van der Waals surface area contributed by atoms with Crippen LogP contribution in [0.4, 0.5) is 0 Å². The van der Waals surface area contributed by atoms with Crippen LogP contribution in [-0.2, 0) is 0 Å². The summed E-state index contributed by atoms with van der Waals surface area (Å²) in [5, 5.41) is 11.9. The summed E-state index contributed by atoms with van der Waals surface area (Å²) in [7, 11) is 2.08. The van der Waals surface area contributed by atoms with Gasteiger partial charge in [-0.1, -0.05) is 17.9 Å². The van der Waals surface area contributed by atoms with Gasteiger partial charge in [-0.15, -0.1) is 0 Å². The second-order valence-corrected chi connectivity index (χ2v) is 5.56. The van der Waals surface area contributed by atoms with Crippen LogP contribution >= 0.6 is 0 Å². The van der Waals surface area contributed by atoms with Crippen molar-refractivity contribution in [3.8, 4) is 11.8 Å². The molecule has 0 aliphatic carbocycles. The quantitative estimate of drug-likeness (QED) is 0.802. The van der Waals surface area contributed by atoms with Crippen molar-refractivity contribution in [1.82, 2.24) is 10.2 Å². The number of hydrogen-bond acceptors (Lipinski definition) is 3. The maximum atomic E-state index is 12.4. The van der Waals surface area contributed by atoms with Gasteiger partial charge in [0, 0.05) is 23.7 Å². The van der Waals surface area contributed by atoms with Crippen LogP contribution in [0.1, 0.15) is 34.3 Å². The van der Waals surface area contributed by atoms with Crippen molar-refractivity contribution in [3.63, 3.8) is 0 Å². The molecule has 1 aliphatic rings. The van der Waals surface area contributed by atoms with Gasteiger partial charge < -0.3 is 15.3 Å². The molecule has 2 rings (SSSR count). The lowest BCUT2D eigenvalue weighted by atomic mass is 10.0. The fraction of sp³-hybridized carbons (Fsp3) is 0.471. The Morgan fingerprint density at radius 1 is 1.52 bits per heavy atom. The van der Waals surface area contributed by atoms with Crippen molar-refractivity contribution in [3.05, 3.63) is 34.9 Å². The first-order valence-electron chi connectivity index (χ1n) is 7.30. The highest BCUT2D eigenvalue weighted by molar-refractivity contribution is 5.96. The number of aryl methyl sites for hydroxylation is 1. The third-order valence-electron chi connectivity index (χ3n) is 3.75. The molecule has 1 saturated heterocycles. The average Bonchev–Trinajstić information content (AvgIpc) is 2.46. The number of carbonyl (C=O) groups excluding carboxylic acids is 1. The van der Waals surface area contributed by atoms with E-state index in [0.29, 0.717) is 5.56 Å². The predicted molar refractivity (Wildman–Crippen MR) is 83.1 cm³/mol. The minimum atomic E-state index is -0.177. The van der Waals surface area contributed by atoms with E-state index in [-0.39, 0.29) is 18.6 Å². The minimum Gasteiger partial charge on any atom is -0.384 e. The smallest absolute Gasteiger partial charge is 0.251 e. The lowest BCUT2D eigenvalue weighted by molar-refractivity contribution is 0.0912. The van der Waals surface area contributed by atoms with Gasteiger partial charge in [0.05, 0.1) is 0 Å². The SMILES string of the molecule is Cc1ccc(C#CCO)cc1C(=O)NC1CCCN(C)C1. The summed E-state index contributed by atoms with van der Waals surface area (Å²) in [6.07, 6.45) is 2.14. The summed E-state index contributed by atoms with van der Waals surface area (Å²) in [5.74, 6) is 5.40. The number of piperidine rings is 1. The summed E-state index contributed by atoms with van der Waals surface area (Å²) in [4.78, 5) is 14.7. The molecule has 0 aromatic heterocycles. The monoisotopic (exact) mass is 286 g/mol. The highest BCUT2D eigenvalue weighted by Crippen LogP contribution is 2.13. The Labute approximate surface area is 126 Å².